The first-order valence-electron chi connectivity index (χ1n) is 9.72. The summed E-state index contributed by atoms with van der Waals surface area (Å²) in [5.41, 5.74) is 1.69. The molecular formula is C21H28N2O4. The summed E-state index contributed by atoms with van der Waals surface area (Å²) in [7, 11) is 1.57. The highest BCUT2D eigenvalue weighted by atomic mass is 16.5. The summed E-state index contributed by atoms with van der Waals surface area (Å²) in [6.45, 7) is 1.73. The Morgan fingerprint density at radius 2 is 1.74 bits per heavy atom. The number of hydrogen-bond acceptors (Lipinski definition) is 4. The number of carbonyl (C=O) groups excluding carboxylic acids is 2. The van der Waals surface area contributed by atoms with Gasteiger partial charge in [0.15, 0.2) is 0 Å². The van der Waals surface area contributed by atoms with Crippen molar-refractivity contribution in [2.45, 2.75) is 64.0 Å². The van der Waals surface area contributed by atoms with Gasteiger partial charge in [-0.2, -0.15) is 0 Å². The van der Waals surface area contributed by atoms with Crippen molar-refractivity contribution in [1.82, 2.24) is 10.6 Å². The van der Waals surface area contributed by atoms with E-state index in [0.29, 0.717) is 17.0 Å². The molecule has 6 heteroatoms. The number of nitrogens with one attached hydrogen (secondary N) is 2. The van der Waals surface area contributed by atoms with Crippen molar-refractivity contribution in [2.75, 3.05) is 7.11 Å². The summed E-state index contributed by atoms with van der Waals surface area (Å²) in [4.78, 5) is 25.1. The lowest BCUT2D eigenvalue weighted by molar-refractivity contribution is -0.145. The van der Waals surface area contributed by atoms with Crippen molar-refractivity contribution in [3.8, 4) is 5.75 Å². The van der Waals surface area contributed by atoms with Crippen LogP contribution in [0.25, 0.3) is 0 Å². The Hall–Kier alpha value is -2.50. The molecule has 1 fully saturated rings. The van der Waals surface area contributed by atoms with Gasteiger partial charge in [-0.25, -0.2) is 9.59 Å². The Bertz CT molecular complexity index is 721. The second kappa shape index (κ2) is 8.93. The van der Waals surface area contributed by atoms with Crippen LogP contribution in [0.1, 0.15) is 63.5 Å². The molecule has 2 aliphatic rings. The van der Waals surface area contributed by atoms with Crippen molar-refractivity contribution in [3.05, 3.63) is 41.1 Å². The number of methoxy groups -OCH3 is 1. The molecule has 1 atom stereocenters. The maximum Gasteiger partial charge on any atom is 0.338 e. The number of rotatable bonds is 4. The molecule has 2 N–H and O–H groups in total. The third-order valence-corrected chi connectivity index (χ3v) is 5.26. The summed E-state index contributed by atoms with van der Waals surface area (Å²) < 4.78 is 11.3. The summed E-state index contributed by atoms with van der Waals surface area (Å²) >= 11 is 0. The van der Waals surface area contributed by atoms with E-state index in [1.165, 1.54) is 19.3 Å². The zero-order valence-corrected chi connectivity index (χ0v) is 16.0. The van der Waals surface area contributed by atoms with E-state index in [9.17, 15) is 9.59 Å². The van der Waals surface area contributed by atoms with Gasteiger partial charge >= 0.3 is 12.0 Å². The number of allylic oxidation sites excluding steroid dienone is 1. The summed E-state index contributed by atoms with van der Waals surface area (Å²) in [5, 5.41) is 5.53. The van der Waals surface area contributed by atoms with Crippen molar-refractivity contribution in [3.63, 3.8) is 0 Å². The van der Waals surface area contributed by atoms with Crippen LogP contribution in [-0.2, 0) is 9.53 Å². The third kappa shape index (κ3) is 4.62. The Morgan fingerprint density at radius 3 is 2.44 bits per heavy atom. The molecule has 1 unspecified atom stereocenters. The minimum absolute atomic E-state index is 0.0611. The molecule has 2 amide bonds. The van der Waals surface area contributed by atoms with Gasteiger partial charge in [0.25, 0.3) is 0 Å². The van der Waals surface area contributed by atoms with Gasteiger partial charge in [-0.05, 0) is 38.7 Å². The minimum atomic E-state index is -0.601. The molecule has 1 heterocycles. The summed E-state index contributed by atoms with van der Waals surface area (Å²) in [6.07, 6.45) is 7.55. The zero-order valence-electron chi connectivity index (χ0n) is 16.0. The smallest absolute Gasteiger partial charge is 0.338 e. The average molecular weight is 372 g/mol. The van der Waals surface area contributed by atoms with Crippen LogP contribution in [0.15, 0.2) is 35.5 Å². The quantitative estimate of drug-likeness (QED) is 0.784. The Balaban J connectivity index is 1.86. The molecule has 3 rings (SSSR count). The second-order valence-corrected chi connectivity index (χ2v) is 7.18. The van der Waals surface area contributed by atoms with Gasteiger partial charge in [0, 0.05) is 11.3 Å². The average Bonchev–Trinajstić information content (AvgIpc) is 2.63. The molecule has 146 valence electrons. The van der Waals surface area contributed by atoms with Crippen molar-refractivity contribution < 1.29 is 19.1 Å². The molecule has 0 radical (unpaired) electrons. The van der Waals surface area contributed by atoms with Crippen molar-refractivity contribution in [1.29, 1.82) is 0 Å². The van der Waals surface area contributed by atoms with Gasteiger partial charge in [0.05, 0.1) is 18.7 Å². The van der Waals surface area contributed by atoms with E-state index >= 15 is 0 Å². The second-order valence-electron chi connectivity index (χ2n) is 7.18. The van der Waals surface area contributed by atoms with Crippen LogP contribution in [0, 0.1) is 0 Å². The lowest BCUT2D eigenvalue weighted by Crippen LogP contribution is -2.45. The maximum atomic E-state index is 13.1. The highest BCUT2D eigenvalue weighted by Gasteiger charge is 2.34. The number of carbonyl (C=O) groups is 2. The molecule has 1 aliphatic heterocycles. The van der Waals surface area contributed by atoms with Gasteiger partial charge in [-0.3, -0.25) is 0 Å². The fourth-order valence-corrected chi connectivity index (χ4v) is 3.85. The van der Waals surface area contributed by atoms with Gasteiger partial charge in [-0.1, -0.05) is 37.5 Å². The fourth-order valence-electron chi connectivity index (χ4n) is 3.85. The standard InChI is InChI=1S/C21H28N2O4/c1-14-18(20(24)27-15-10-6-4-3-5-7-11-15)19(23-21(25)22-14)16-12-8-9-13-17(16)26-2/h8-9,12-13,15,19H,3-7,10-11H2,1-2H3,(H2,22,23,25). The Labute approximate surface area is 160 Å². The van der Waals surface area contributed by atoms with Crippen molar-refractivity contribution in [2.24, 2.45) is 0 Å². The highest BCUT2D eigenvalue weighted by Crippen LogP contribution is 2.34. The maximum absolute atomic E-state index is 13.1. The minimum Gasteiger partial charge on any atom is -0.496 e. The van der Waals surface area contributed by atoms with Crippen LogP contribution < -0.4 is 15.4 Å². The molecule has 0 spiro atoms. The van der Waals surface area contributed by atoms with E-state index in [1.54, 1.807) is 14.0 Å². The number of para-hydroxylation sites is 1. The molecule has 1 aromatic carbocycles. The van der Waals surface area contributed by atoms with E-state index in [2.05, 4.69) is 10.6 Å². The predicted molar refractivity (Wildman–Crippen MR) is 102 cm³/mol. The first-order chi connectivity index (χ1) is 13.1. The molecule has 1 aliphatic carbocycles. The van der Waals surface area contributed by atoms with Crippen LogP contribution in [0.2, 0.25) is 0 Å². The summed E-state index contributed by atoms with van der Waals surface area (Å²) in [6, 6.07) is 6.44. The Morgan fingerprint density at radius 1 is 1.07 bits per heavy atom. The molecule has 0 saturated heterocycles. The largest absolute Gasteiger partial charge is 0.496 e. The molecule has 0 bridgehead atoms. The lowest BCUT2D eigenvalue weighted by Gasteiger charge is -2.30. The van der Waals surface area contributed by atoms with E-state index in [-0.39, 0.29) is 18.1 Å². The van der Waals surface area contributed by atoms with Gasteiger partial charge in [0.2, 0.25) is 0 Å². The van der Waals surface area contributed by atoms with Crippen LogP contribution in [0.4, 0.5) is 4.79 Å². The normalized spacial score (nSPS) is 21.6. The molecular weight excluding hydrogens is 344 g/mol. The third-order valence-electron chi connectivity index (χ3n) is 5.26. The lowest BCUT2D eigenvalue weighted by atomic mass is 9.94. The zero-order chi connectivity index (χ0) is 19.2. The highest BCUT2D eigenvalue weighted by molar-refractivity contribution is 5.95. The van der Waals surface area contributed by atoms with Gasteiger partial charge in [-0.15, -0.1) is 0 Å². The van der Waals surface area contributed by atoms with Crippen LogP contribution in [-0.4, -0.2) is 25.2 Å². The monoisotopic (exact) mass is 372 g/mol. The van der Waals surface area contributed by atoms with Gasteiger partial charge < -0.3 is 20.1 Å². The SMILES string of the molecule is COc1ccccc1C1NC(=O)NC(C)=C1C(=O)OC1CCCCCCC1. The van der Waals surface area contributed by atoms with E-state index in [0.717, 1.165) is 31.2 Å². The number of hydrogen-bond donors (Lipinski definition) is 2. The number of amides is 2. The van der Waals surface area contributed by atoms with Crippen LogP contribution >= 0.6 is 0 Å². The summed E-state index contributed by atoms with van der Waals surface area (Å²) in [5.74, 6) is 0.246. The Kier molecular flexibility index (Phi) is 6.37. The van der Waals surface area contributed by atoms with Crippen LogP contribution in [0.5, 0.6) is 5.75 Å². The fraction of sp³-hybridized carbons (Fsp3) is 0.524. The van der Waals surface area contributed by atoms with Crippen molar-refractivity contribution >= 4 is 12.0 Å². The molecule has 27 heavy (non-hydrogen) atoms. The van der Waals surface area contributed by atoms with Crippen LogP contribution in [0.3, 0.4) is 0 Å². The number of ether oxygens (including phenoxy) is 2. The topological polar surface area (TPSA) is 76.7 Å². The number of esters is 1. The molecule has 1 aromatic rings. The number of benzene rings is 1. The predicted octanol–water partition coefficient (Wildman–Crippen LogP) is 3.98. The first-order valence-corrected chi connectivity index (χ1v) is 9.72. The number of urea groups is 1. The van der Waals surface area contributed by atoms with E-state index in [1.807, 2.05) is 24.3 Å². The van der Waals surface area contributed by atoms with E-state index in [4.69, 9.17) is 9.47 Å². The molecule has 0 aromatic heterocycles. The first kappa shape index (κ1) is 19.3. The molecule has 1 saturated carbocycles. The molecule has 6 nitrogen and oxygen atoms in total. The van der Waals surface area contributed by atoms with E-state index < -0.39 is 6.04 Å². The van der Waals surface area contributed by atoms with Gasteiger partial charge in [0.1, 0.15) is 11.9 Å².